The Bertz CT molecular complexity index is 841. The first kappa shape index (κ1) is 17.7. The molecule has 1 aliphatic heterocycles. The number of hydrogen-bond acceptors (Lipinski definition) is 6. The summed E-state index contributed by atoms with van der Waals surface area (Å²) in [6, 6.07) is 7.55. The number of aromatic nitrogens is 2. The Kier molecular flexibility index (Phi) is 4.54. The van der Waals surface area contributed by atoms with E-state index in [1.807, 2.05) is 35.0 Å². The van der Waals surface area contributed by atoms with Gasteiger partial charge < -0.3 is 19.4 Å². The second-order valence-corrected chi connectivity index (χ2v) is 6.74. The van der Waals surface area contributed by atoms with Gasteiger partial charge in [-0.15, -0.1) is 0 Å². The fourth-order valence-corrected chi connectivity index (χ4v) is 2.61. The van der Waals surface area contributed by atoms with E-state index in [4.69, 9.17) is 9.47 Å². The zero-order chi connectivity index (χ0) is 18.9. The molecule has 1 aromatic carbocycles. The van der Waals surface area contributed by atoms with E-state index in [0.717, 1.165) is 17.2 Å². The minimum absolute atomic E-state index is 0.176. The van der Waals surface area contributed by atoms with Crippen LogP contribution in [0.4, 0.5) is 5.69 Å². The van der Waals surface area contributed by atoms with Crippen molar-refractivity contribution in [2.45, 2.75) is 39.4 Å². The Morgan fingerprint density at radius 3 is 2.31 bits per heavy atom. The highest BCUT2D eigenvalue weighted by molar-refractivity contribution is 6.15. The van der Waals surface area contributed by atoms with E-state index in [9.17, 15) is 9.59 Å². The zero-order valence-electron chi connectivity index (χ0n) is 15.1. The van der Waals surface area contributed by atoms with Gasteiger partial charge in [0.25, 0.3) is 5.79 Å². The zero-order valence-corrected chi connectivity index (χ0v) is 15.1. The average molecular weight is 355 g/mol. The molecule has 0 atom stereocenters. The molecule has 2 aromatic rings. The van der Waals surface area contributed by atoms with E-state index in [-0.39, 0.29) is 5.57 Å². The molecule has 7 heteroatoms. The SMILES string of the molecule is CC(C)c1nccn1-c1ccc(NC=C2C(=O)OC(C)(C)OC2=O)cc1. The fourth-order valence-electron chi connectivity index (χ4n) is 2.61. The van der Waals surface area contributed by atoms with Crippen molar-refractivity contribution in [2.24, 2.45) is 0 Å². The summed E-state index contributed by atoms with van der Waals surface area (Å²) in [5, 5.41) is 2.92. The van der Waals surface area contributed by atoms with E-state index >= 15 is 0 Å². The number of benzene rings is 1. The molecule has 0 unspecified atom stereocenters. The largest absolute Gasteiger partial charge is 0.419 e. The van der Waals surface area contributed by atoms with Crippen molar-refractivity contribution in [1.82, 2.24) is 9.55 Å². The number of carbonyl (C=O) groups is 2. The van der Waals surface area contributed by atoms with Gasteiger partial charge in [-0.05, 0) is 24.3 Å². The standard InChI is InChI=1S/C19H21N3O4/c1-12(2)16-20-9-10-22(16)14-7-5-13(6-8-14)21-11-15-17(23)25-19(3,4)26-18(15)24/h5-12,21H,1-4H3. The molecule has 136 valence electrons. The average Bonchev–Trinajstić information content (AvgIpc) is 3.03. The number of anilines is 1. The molecule has 1 aliphatic rings. The molecule has 0 amide bonds. The molecule has 1 N–H and O–H groups in total. The number of cyclic esters (lactones) is 2. The third kappa shape index (κ3) is 3.61. The van der Waals surface area contributed by atoms with Gasteiger partial charge in [0.2, 0.25) is 0 Å². The van der Waals surface area contributed by atoms with Crippen molar-refractivity contribution < 1.29 is 19.1 Å². The number of nitrogens with one attached hydrogen (secondary N) is 1. The molecule has 26 heavy (non-hydrogen) atoms. The highest BCUT2D eigenvalue weighted by atomic mass is 16.7. The summed E-state index contributed by atoms with van der Waals surface area (Å²) < 4.78 is 12.1. The van der Waals surface area contributed by atoms with Gasteiger partial charge in [-0.2, -0.15) is 0 Å². The molecule has 0 radical (unpaired) electrons. The monoisotopic (exact) mass is 355 g/mol. The van der Waals surface area contributed by atoms with Gasteiger partial charge in [0.15, 0.2) is 5.57 Å². The Hall–Kier alpha value is -3.09. The molecule has 2 heterocycles. The van der Waals surface area contributed by atoms with Gasteiger partial charge in [0, 0.05) is 49.7 Å². The van der Waals surface area contributed by atoms with Crippen LogP contribution >= 0.6 is 0 Å². The molecule has 3 rings (SSSR count). The van der Waals surface area contributed by atoms with Gasteiger partial charge in [0.05, 0.1) is 0 Å². The summed E-state index contributed by atoms with van der Waals surface area (Å²) in [6.45, 7) is 7.19. The van der Waals surface area contributed by atoms with Crippen molar-refractivity contribution in [3.63, 3.8) is 0 Å². The lowest BCUT2D eigenvalue weighted by Crippen LogP contribution is -2.42. The molecule has 1 fully saturated rings. The first-order valence-corrected chi connectivity index (χ1v) is 8.34. The van der Waals surface area contributed by atoms with Gasteiger partial charge in [-0.3, -0.25) is 0 Å². The van der Waals surface area contributed by atoms with Crippen LogP contribution in [0.25, 0.3) is 5.69 Å². The van der Waals surface area contributed by atoms with Crippen molar-refractivity contribution in [2.75, 3.05) is 5.32 Å². The van der Waals surface area contributed by atoms with Crippen LogP contribution < -0.4 is 5.32 Å². The van der Waals surface area contributed by atoms with Crippen LogP contribution in [0.2, 0.25) is 0 Å². The second kappa shape index (κ2) is 6.67. The van der Waals surface area contributed by atoms with Gasteiger partial charge in [-0.1, -0.05) is 13.8 Å². The topological polar surface area (TPSA) is 82.5 Å². The maximum Gasteiger partial charge on any atom is 0.350 e. The maximum absolute atomic E-state index is 11.9. The quantitative estimate of drug-likeness (QED) is 0.515. The van der Waals surface area contributed by atoms with E-state index in [1.54, 1.807) is 6.20 Å². The summed E-state index contributed by atoms with van der Waals surface area (Å²) in [6.07, 6.45) is 4.98. The van der Waals surface area contributed by atoms with Crippen molar-refractivity contribution in [3.05, 3.63) is 54.3 Å². The second-order valence-electron chi connectivity index (χ2n) is 6.74. The summed E-state index contributed by atoms with van der Waals surface area (Å²) in [5.74, 6) is -1.39. The summed E-state index contributed by atoms with van der Waals surface area (Å²) in [4.78, 5) is 28.2. The van der Waals surface area contributed by atoms with Crippen molar-refractivity contribution >= 4 is 17.6 Å². The summed E-state index contributed by atoms with van der Waals surface area (Å²) >= 11 is 0. The van der Waals surface area contributed by atoms with E-state index in [1.165, 1.54) is 20.0 Å². The fraction of sp³-hybridized carbons (Fsp3) is 0.316. The Labute approximate surface area is 151 Å². The van der Waals surface area contributed by atoms with Crippen LogP contribution in [0.3, 0.4) is 0 Å². The van der Waals surface area contributed by atoms with E-state index in [0.29, 0.717) is 5.92 Å². The minimum Gasteiger partial charge on any atom is -0.419 e. The number of nitrogens with zero attached hydrogens (tertiary/aromatic N) is 2. The number of hydrogen-bond donors (Lipinski definition) is 1. The maximum atomic E-state index is 11.9. The van der Waals surface area contributed by atoms with Crippen LogP contribution in [0.15, 0.2) is 48.4 Å². The van der Waals surface area contributed by atoms with Crippen molar-refractivity contribution in [1.29, 1.82) is 0 Å². The first-order chi connectivity index (χ1) is 12.3. The number of ether oxygens (including phenoxy) is 2. The van der Waals surface area contributed by atoms with Crippen LogP contribution in [0.1, 0.15) is 39.4 Å². The van der Waals surface area contributed by atoms with E-state index in [2.05, 4.69) is 24.1 Å². The summed E-state index contributed by atoms with van der Waals surface area (Å²) in [7, 11) is 0. The minimum atomic E-state index is -1.24. The number of imidazole rings is 1. The predicted octanol–water partition coefficient (Wildman–Crippen LogP) is 3.13. The highest BCUT2D eigenvalue weighted by Crippen LogP contribution is 2.23. The lowest BCUT2D eigenvalue weighted by atomic mass is 10.2. The van der Waals surface area contributed by atoms with Crippen LogP contribution in [0, 0.1) is 0 Å². The first-order valence-electron chi connectivity index (χ1n) is 8.34. The molecule has 1 aromatic heterocycles. The van der Waals surface area contributed by atoms with Gasteiger partial charge in [-0.25, -0.2) is 14.6 Å². The normalized spacial score (nSPS) is 16.3. The molecule has 0 bridgehead atoms. The third-order valence-electron chi connectivity index (χ3n) is 3.83. The van der Waals surface area contributed by atoms with E-state index < -0.39 is 17.7 Å². The summed E-state index contributed by atoms with van der Waals surface area (Å²) in [5.41, 5.74) is 1.52. The van der Waals surface area contributed by atoms with Crippen LogP contribution in [-0.2, 0) is 19.1 Å². The molecule has 0 saturated carbocycles. The third-order valence-corrected chi connectivity index (χ3v) is 3.83. The van der Waals surface area contributed by atoms with Gasteiger partial charge >= 0.3 is 11.9 Å². The number of rotatable bonds is 4. The predicted molar refractivity (Wildman–Crippen MR) is 95.6 cm³/mol. The van der Waals surface area contributed by atoms with Crippen LogP contribution in [0.5, 0.6) is 0 Å². The number of carbonyl (C=O) groups excluding carboxylic acids is 2. The Morgan fingerprint density at radius 1 is 1.12 bits per heavy atom. The Morgan fingerprint density at radius 2 is 1.73 bits per heavy atom. The smallest absolute Gasteiger partial charge is 0.350 e. The lowest BCUT2D eigenvalue weighted by Gasteiger charge is -2.29. The number of esters is 2. The lowest BCUT2D eigenvalue weighted by molar-refractivity contribution is -0.222. The molecule has 0 spiro atoms. The highest BCUT2D eigenvalue weighted by Gasteiger charge is 2.38. The molecule has 7 nitrogen and oxygen atoms in total. The molecule has 1 saturated heterocycles. The molecule has 0 aliphatic carbocycles. The van der Waals surface area contributed by atoms with Crippen LogP contribution in [-0.4, -0.2) is 27.3 Å². The molecular weight excluding hydrogens is 334 g/mol. The van der Waals surface area contributed by atoms with Gasteiger partial charge in [0.1, 0.15) is 5.82 Å². The molecular formula is C19H21N3O4. The Balaban J connectivity index is 1.75. The van der Waals surface area contributed by atoms with Crippen molar-refractivity contribution in [3.8, 4) is 5.69 Å².